The van der Waals surface area contributed by atoms with Gasteiger partial charge in [0.15, 0.2) is 0 Å². The molecule has 2 nitrogen and oxygen atoms in total. The standard InChI is InChI=1S/C13H18O2/c1-11(2)7-9-15-13-5-3-4-12(10-13)6-8-14/h3-5,7,10,14H,6,8-9H2,1-2H3. The Morgan fingerprint density at radius 3 is 2.87 bits per heavy atom. The molecule has 0 aliphatic carbocycles. The highest BCUT2D eigenvalue weighted by molar-refractivity contribution is 5.28. The predicted molar refractivity (Wildman–Crippen MR) is 62.2 cm³/mol. The van der Waals surface area contributed by atoms with Crippen LogP contribution in [-0.2, 0) is 6.42 Å². The first-order valence-electron chi connectivity index (χ1n) is 5.18. The molecule has 0 saturated carbocycles. The van der Waals surface area contributed by atoms with Gasteiger partial charge in [-0.1, -0.05) is 17.7 Å². The van der Waals surface area contributed by atoms with Gasteiger partial charge in [-0.15, -0.1) is 0 Å². The van der Waals surface area contributed by atoms with E-state index in [1.165, 1.54) is 5.57 Å². The van der Waals surface area contributed by atoms with Crippen LogP contribution in [0.1, 0.15) is 19.4 Å². The van der Waals surface area contributed by atoms with Crippen LogP contribution in [0.25, 0.3) is 0 Å². The number of rotatable bonds is 5. The number of hydrogen-bond acceptors (Lipinski definition) is 2. The molecule has 0 fully saturated rings. The third-order valence-electron chi connectivity index (χ3n) is 2.04. The molecule has 0 bridgehead atoms. The van der Waals surface area contributed by atoms with Gasteiger partial charge in [-0.3, -0.25) is 0 Å². The minimum atomic E-state index is 0.178. The highest BCUT2D eigenvalue weighted by Gasteiger charge is 1.95. The van der Waals surface area contributed by atoms with E-state index >= 15 is 0 Å². The van der Waals surface area contributed by atoms with Crippen molar-refractivity contribution in [2.45, 2.75) is 20.3 Å². The molecule has 0 amide bonds. The maximum atomic E-state index is 8.81. The summed E-state index contributed by atoms with van der Waals surface area (Å²) in [5.41, 5.74) is 2.36. The van der Waals surface area contributed by atoms with E-state index in [-0.39, 0.29) is 6.61 Å². The first kappa shape index (κ1) is 11.8. The summed E-state index contributed by atoms with van der Waals surface area (Å²) in [6, 6.07) is 7.83. The van der Waals surface area contributed by atoms with Gasteiger partial charge in [0.05, 0.1) is 0 Å². The van der Waals surface area contributed by atoms with Crippen molar-refractivity contribution < 1.29 is 9.84 Å². The van der Waals surface area contributed by atoms with Crippen LogP contribution in [0.4, 0.5) is 0 Å². The number of hydrogen-bond donors (Lipinski definition) is 1. The smallest absolute Gasteiger partial charge is 0.120 e. The van der Waals surface area contributed by atoms with Crippen molar-refractivity contribution in [1.29, 1.82) is 0 Å². The lowest BCUT2D eigenvalue weighted by Crippen LogP contribution is -1.96. The molecule has 0 aliphatic rings. The van der Waals surface area contributed by atoms with Gasteiger partial charge in [-0.25, -0.2) is 0 Å². The number of aliphatic hydroxyl groups excluding tert-OH is 1. The summed E-state index contributed by atoms with van der Waals surface area (Å²) in [7, 11) is 0. The van der Waals surface area contributed by atoms with Crippen molar-refractivity contribution in [3.63, 3.8) is 0 Å². The summed E-state index contributed by atoms with van der Waals surface area (Å²) in [5, 5.41) is 8.81. The molecule has 0 aromatic heterocycles. The zero-order valence-electron chi connectivity index (χ0n) is 9.36. The summed E-state index contributed by atoms with van der Waals surface area (Å²) in [4.78, 5) is 0. The van der Waals surface area contributed by atoms with Gasteiger partial charge < -0.3 is 9.84 Å². The lowest BCUT2D eigenvalue weighted by atomic mass is 10.1. The SMILES string of the molecule is CC(C)=CCOc1cccc(CCO)c1. The average Bonchev–Trinajstić information content (AvgIpc) is 2.18. The second-order valence-electron chi connectivity index (χ2n) is 3.71. The van der Waals surface area contributed by atoms with Gasteiger partial charge in [0, 0.05) is 6.61 Å². The highest BCUT2D eigenvalue weighted by atomic mass is 16.5. The molecule has 1 N–H and O–H groups in total. The van der Waals surface area contributed by atoms with Crippen molar-refractivity contribution in [2.75, 3.05) is 13.2 Å². The van der Waals surface area contributed by atoms with E-state index in [0.29, 0.717) is 13.0 Å². The molecule has 0 spiro atoms. The van der Waals surface area contributed by atoms with Crippen LogP contribution in [0.15, 0.2) is 35.9 Å². The summed E-state index contributed by atoms with van der Waals surface area (Å²) in [6.07, 6.45) is 2.72. The third-order valence-corrected chi connectivity index (χ3v) is 2.04. The molecule has 0 saturated heterocycles. The Morgan fingerprint density at radius 2 is 2.20 bits per heavy atom. The van der Waals surface area contributed by atoms with E-state index in [1.807, 2.05) is 44.2 Å². The molecular weight excluding hydrogens is 188 g/mol. The molecule has 82 valence electrons. The number of allylic oxidation sites excluding steroid dienone is 1. The molecule has 0 heterocycles. The molecule has 0 atom stereocenters. The summed E-state index contributed by atoms with van der Waals surface area (Å²) in [6.45, 7) is 4.87. The fourth-order valence-corrected chi connectivity index (χ4v) is 1.22. The van der Waals surface area contributed by atoms with Crippen LogP contribution in [0.5, 0.6) is 5.75 Å². The zero-order valence-corrected chi connectivity index (χ0v) is 9.36. The second kappa shape index (κ2) is 6.25. The molecule has 0 unspecified atom stereocenters. The zero-order chi connectivity index (χ0) is 11.1. The number of aliphatic hydroxyl groups is 1. The molecule has 1 aromatic carbocycles. The van der Waals surface area contributed by atoms with Crippen LogP contribution in [0.2, 0.25) is 0 Å². The van der Waals surface area contributed by atoms with Gasteiger partial charge in [0.1, 0.15) is 12.4 Å². The van der Waals surface area contributed by atoms with Gasteiger partial charge >= 0.3 is 0 Å². The van der Waals surface area contributed by atoms with Crippen LogP contribution in [0, 0.1) is 0 Å². The third kappa shape index (κ3) is 4.66. The number of ether oxygens (including phenoxy) is 1. The number of benzene rings is 1. The Morgan fingerprint density at radius 1 is 1.40 bits per heavy atom. The maximum absolute atomic E-state index is 8.81. The lowest BCUT2D eigenvalue weighted by Gasteiger charge is -2.05. The van der Waals surface area contributed by atoms with E-state index in [2.05, 4.69) is 0 Å². The average molecular weight is 206 g/mol. The van der Waals surface area contributed by atoms with E-state index in [1.54, 1.807) is 0 Å². The van der Waals surface area contributed by atoms with Crippen molar-refractivity contribution >= 4 is 0 Å². The van der Waals surface area contributed by atoms with Crippen molar-refractivity contribution in [2.24, 2.45) is 0 Å². The molecule has 1 rings (SSSR count). The predicted octanol–water partition coefficient (Wildman–Crippen LogP) is 2.57. The lowest BCUT2D eigenvalue weighted by molar-refractivity contribution is 0.299. The van der Waals surface area contributed by atoms with Crippen LogP contribution in [0.3, 0.4) is 0 Å². The van der Waals surface area contributed by atoms with Crippen LogP contribution < -0.4 is 4.74 Å². The summed E-state index contributed by atoms with van der Waals surface area (Å²) >= 11 is 0. The Balaban J connectivity index is 2.53. The Bertz CT molecular complexity index is 325. The monoisotopic (exact) mass is 206 g/mol. The normalized spacial score (nSPS) is 9.80. The minimum Gasteiger partial charge on any atom is -0.490 e. The van der Waals surface area contributed by atoms with E-state index in [9.17, 15) is 0 Å². The quantitative estimate of drug-likeness (QED) is 0.750. The molecule has 0 radical (unpaired) electrons. The molecule has 15 heavy (non-hydrogen) atoms. The van der Waals surface area contributed by atoms with E-state index < -0.39 is 0 Å². The molecule has 1 aromatic rings. The fraction of sp³-hybridized carbons (Fsp3) is 0.385. The largest absolute Gasteiger partial charge is 0.490 e. The Labute approximate surface area is 91.2 Å². The van der Waals surface area contributed by atoms with E-state index in [0.717, 1.165) is 11.3 Å². The van der Waals surface area contributed by atoms with Crippen molar-refractivity contribution in [1.82, 2.24) is 0 Å². The molecule has 0 aliphatic heterocycles. The highest BCUT2D eigenvalue weighted by Crippen LogP contribution is 2.13. The van der Waals surface area contributed by atoms with Crippen molar-refractivity contribution in [3.05, 3.63) is 41.5 Å². The molecular formula is C13H18O2. The van der Waals surface area contributed by atoms with Gasteiger partial charge in [0.25, 0.3) is 0 Å². The summed E-state index contributed by atoms with van der Waals surface area (Å²) in [5.74, 6) is 0.860. The van der Waals surface area contributed by atoms with Gasteiger partial charge in [-0.05, 0) is 44.0 Å². The van der Waals surface area contributed by atoms with E-state index in [4.69, 9.17) is 9.84 Å². The minimum absolute atomic E-state index is 0.178. The Kier molecular flexibility index (Phi) is 4.91. The van der Waals surface area contributed by atoms with Gasteiger partial charge in [-0.2, -0.15) is 0 Å². The Hall–Kier alpha value is -1.28. The van der Waals surface area contributed by atoms with Crippen LogP contribution in [-0.4, -0.2) is 18.3 Å². The first-order valence-corrected chi connectivity index (χ1v) is 5.18. The van der Waals surface area contributed by atoms with Gasteiger partial charge in [0.2, 0.25) is 0 Å². The summed E-state index contributed by atoms with van der Waals surface area (Å²) < 4.78 is 5.55. The van der Waals surface area contributed by atoms with Crippen molar-refractivity contribution in [3.8, 4) is 5.75 Å². The maximum Gasteiger partial charge on any atom is 0.120 e. The second-order valence-corrected chi connectivity index (χ2v) is 3.71. The first-order chi connectivity index (χ1) is 7.22. The molecule has 2 heteroatoms. The topological polar surface area (TPSA) is 29.5 Å². The fourth-order valence-electron chi connectivity index (χ4n) is 1.22. The van der Waals surface area contributed by atoms with Crippen LogP contribution >= 0.6 is 0 Å².